The van der Waals surface area contributed by atoms with E-state index in [0.717, 1.165) is 29.7 Å². The molecule has 5 nitrogen and oxygen atoms in total. The van der Waals surface area contributed by atoms with Gasteiger partial charge in [-0.25, -0.2) is 0 Å². The third-order valence-electron chi connectivity index (χ3n) is 5.50. The van der Waals surface area contributed by atoms with Gasteiger partial charge in [0, 0.05) is 17.3 Å². The molecule has 4 aromatic rings. The summed E-state index contributed by atoms with van der Waals surface area (Å²) < 4.78 is 11.7. The molecule has 1 heterocycles. The molecule has 0 radical (unpaired) electrons. The fourth-order valence-electron chi connectivity index (χ4n) is 3.47. The fraction of sp³-hybridized carbons (Fsp3) is 0.231. The lowest BCUT2D eigenvalue weighted by Crippen LogP contribution is -2.12. The second kappa shape index (κ2) is 8.64. The third-order valence-corrected chi connectivity index (χ3v) is 5.50. The minimum Gasteiger partial charge on any atom is -0.494 e. The molecule has 5 heteroatoms. The van der Waals surface area contributed by atoms with Crippen molar-refractivity contribution in [1.82, 2.24) is 0 Å². The van der Waals surface area contributed by atoms with Gasteiger partial charge in [-0.2, -0.15) is 0 Å². The Morgan fingerprint density at radius 1 is 1.00 bits per heavy atom. The van der Waals surface area contributed by atoms with E-state index in [4.69, 9.17) is 9.15 Å². The fourth-order valence-corrected chi connectivity index (χ4v) is 3.47. The summed E-state index contributed by atoms with van der Waals surface area (Å²) in [6.07, 6.45) is 2.07. The molecule has 1 aromatic heterocycles. The van der Waals surface area contributed by atoms with Gasteiger partial charge in [0.15, 0.2) is 0 Å². The van der Waals surface area contributed by atoms with Crippen molar-refractivity contribution in [3.8, 4) is 5.75 Å². The van der Waals surface area contributed by atoms with Gasteiger partial charge in [-0.05, 0) is 73.9 Å². The van der Waals surface area contributed by atoms with Crippen LogP contribution in [-0.2, 0) is 0 Å². The molecule has 0 aliphatic rings. The number of unbranched alkanes of at least 4 members (excludes halogenated alkanes) is 1. The summed E-state index contributed by atoms with van der Waals surface area (Å²) in [6.45, 7) is 6.70. The lowest BCUT2D eigenvalue weighted by molar-refractivity contribution is 0.102. The van der Waals surface area contributed by atoms with E-state index in [9.17, 15) is 9.59 Å². The molecule has 0 unspecified atom stereocenters. The predicted octanol–water partition coefficient (Wildman–Crippen LogP) is 5.99. The maximum atomic E-state index is 12.9. The van der Waals surface area contributed by atoms with Gasteiger partial charge in [0.25, 0.3) is 5.91 Å². The van der Waals surface area contributed by atoms with Crippen LogP contribution in [0.4, 0.5) is 5.69 Å². The highest BCUT2D eigenvalue weighted by Crippen LogP contribution is 2.26. The van der Waals surface area contributed by atoms with Gasteiger partial charge >= 0.3 is 0 Å². The highest BCUT2D eigenvalue weighted by molar-refractivity contribution is 6.05. The first-order chi connectivity index (χ1) is 15.0. The molecule has 0 aliphatic carbocycles. The van der Waals surface area contributed by atoms with E-state index < -0.39 is 0 Å². The van der Waals surface area contributed by atoms with Crippen LogP contribution < -0.4 is 15.5 Å². The number of fused-ring (bicyclic) bond motifs is 2. The van der Waals surface area contributed by atoms with Gasteiger partial charge in [-0.3, -0.25) is 9.59 Å². The van der Waals surface area contributed by atoms with Crippen LogP contribution in [0, 0.1) is 13.8 Å². The Bertz CT molecular complexity index is 1320. The third kappa shape index (κ3) is 4.17. The highest BCUT2D eigenvalue weighted by Gasteiger charge is 2.13. The van der Waals surface area contributed by atoms with Crippen LogP contribution in [0.15, 0.2) is 63.8 Å². The first-order valence-electron chi connectivity index (χ1n) is 10.5. The number of hydrogen-bond acceptors (Lipinski definition) is 4. The van der Waals surface area contributed by atoms with Crippen molar-refractivity contribution < 1.29 is 13.9 Å². The van der Waals surface area contributed by atoms with Crippen molar-refractivity contribution in [1.29, 1.82) is 0 Å². The first-order valence-corrected chi connectivity index (χ1v) is 10.5. The van der Waals surface area contributed by atoms with Crippen LogP contribution in [0.2, 0.25) is 0 Å². The molecule has 1 amide bonds. The number of carbonyl (C=O) groups excluding carboxylic acids is 1. The number of ether oxygens (including phenoxy) is 1. The highest BCUT2D eigenvalue weighted by atomic mass is 16.5. The van der Waals surface area contributed by atoms with Crippen LogP contribution in [0.25, 0.3) is 21.9 Å². The summed E-state index contributed by atoms with van der Waals surface area (Å²) in [5.41, 5.74) is 4.04. The normalized spacial score (nSPS) is 11.1. The molecule has 1 N–H and O–H groups in total. The van der Waals surface area contributed by atoms with Gasteiger partial charge in [0.1, 0.15) is 16.9 Å². The van der Waals surface area contributed by atoms with Gasteiger partial charge in [0.05, 0.1) is 17.4 Å². The average molecular weight is 415 g/mol. The zero-order valence-electron chi connectivity index (χ0n) is 18.0. The summed E-state index contributed by atoms with van der Waals surface area (Å²) in [5, 5.41) is 3.93. The SMILES string of the molecule is CCCCOc1ccc(C(=O)Nc2ccc3c(=O)c4ccc(C)c(C)c4oc3c2)cc1. The smallest absolute Gasteiger partial charge is 0.255 e. The second-order valence-corrected chi connectivity index (χ2v) is 7.71. The largest absolute Gasteiger partial charge is 0.494 e. The number of benzene rings is 3. The standard InChI is InChI=1S/C26H25NO4/c1-4-5-14-30-20-10-7-18(8-11-20)26(29)27-19-9-13-21-23(15-19)31-25-17(3)16(2)6-12-22(25)24(21)28/h6-13,15H,4-5,14H2,1-3H3,(H,27,29). The Morgan fingerprint density at radius 2 is 1.74 bits per heavy atom. The Hall–Kier alpha value is -3.60. The Morgan fingerprint density at radius 3 is 2.48 bits per heavy atom. The molecule has 0 saturated carbocycles. The van der Waals surface area contributed by atoms with Gasteiger partial charge in [0.2, 0.25) is 5.43 Å². The van der Waals surface area contributed by atoms with E-state index in [-0.39, 0.29) is 11.3 Å². The van der Waals surface area contributed by atoms with E-state index in [1.54, 1.807) is 48.5 Å². The van der Waals surface area contributed by atoms with E-state index >= 15 is 0 Å². The van der Waals surface area contributed by atoms with Crippen molar-refractivity contribution in [2.45, 2.75) is 33.6 Å². The first kappa shape index (κ1) is 20.7. The van der Waals surface area contributed by atoms with Crippen molar-refractivity contribution in [2.75, 3.05) is 11.9 Å². The van der Waals surface area contributed by atoms with Crippen molar-refractivity contribution >= 4 is 33.5 Å². The summed E-state index contributed by atoms with van der Waals surface area (Å²) in [6, 6.07) is 15.9. The molecule has 0 fully saturated rings. The molecular weight excluding hydrogens is 390 g/mol. The molecule has 0 atom stereocenters. The number of aryl methyl sites for hydroxylation is 2. The zero-order valence-corrected chi connectivity index (χ0v) is 18.0. The van der Waals surface area contributed by atoms with Crippen molar-refractivity contribution in [3.05, 3.63) is 81.5 Å². The van der Waals surface area contributed by atoms with Crippen LogP contribution in [0.1, 0.15) is 41.3 Å². The van der Waals surface area contributed by atoms with E-state index in [1.165, 1.54) is 0 Å². The number of hydrogen-bond donors (Lipinski definition) is 1. The number of rotatable bonds is 6. The van der Waals surface area contributed by atoms with Crippen LogP contribution in [0.3, 0.4) is 0 Å². The van der Waals surface area contributed by atoms with Crippen LogP contribution in [-0.4, -0.2) is 12.5 Å². The Kier molecular flexibility index (Phi) is 5.76. The van der Waals surface area contributed by atoms with E-state index in [0.29, 0.717) is 39.8 Å². The molecular formula is C26H25NO4. The summed E-state index contributed by atoms with van der Waals surface area (Å²) in [7, 11) is 0. The molecule has 0 saturated heterocycles. The molecule has 31 heavy (non-hydrogen) atoms. The average Bonchev–Trinajstić information content (AvgIpc) is 2.77. The predicted molar refractivity (Wildman–Crippen MR) is 124 cm³/mol. The number of nitrogens with one attached hydrogen (secondary N) is 1. The number of amides is 1. The van der Waals surface area contributed by atoms with Gasteiger partial charge in [-0.15, -0.1) is 0 Å². The van der Waals surface area contributed by atoms with Crippen LogP contribution >= 0.6 is 0 Å². The maximum absolute atomic E-state index is 12.9. The molecule has 158 valence electrons. The lowest BCUT2D eigenvalue weighted by atomic mass is 10.0. The maximum Gasteiger partial charge on any atom is 0.255 e. The molecule has 3 aromatic carbocycles. The molecule has 0 aliphatic heterocycles. The van der Waals surface area contributed by atoms with Crippen molar-refractivity contribution in [2.24, 2.45) is 0 Å². The van der Waals surface area contributed by atoms with E-state index in [2.05, 4.69) is 12.2 Å². The summed E-state index contributed by atoms with van der Waals surface area (Å²) >= 11 is 0. The van der Waals surface area contributed by atoms with Crippen molar-refractivity contribution in [3.63, 3.8) is 0 Å². The van der Waals surface area contributed by atoms with Gasteiger partial charge < -0.3 is 14.5 Å². The molecule has 4 rings (SSSR count). The lowest BCUT2D eigenvalue weighted by Gasteiger charge is -2.09. The topological polar surface area (TPSA) is 68.5 Å². The quantitative estimate of drug-likeness (QED) is 0.310. The molecule has 0 spiro atoms. The van der Waals surface area contributed by atoms with E-state index in [1.807, 2.05) is 19.9 Å². The summed E-state index contributed by atoms with van der Waals surface area (Å²) in [5.74, 6) is 0.504. The van der Waals surface area contributed by atoms with Gasteiger partial charge in [-0.1, -0.05) is 19.4 Å². The minimum absolute atomic E-state index is 0.0733. The Labute approximate surface area is 180 Å². The number of carbonyl (C=O) groups is 1. The van der Waals surface area contributed by atoms with Crippen LogP contribution in [0.5, 0.6) is 5.75 Å². The number of anilines is 1. The zero-order chi connectivity index (χ0) is 22.0. The summed E-state index contributed by atoms with van der Waals surface area (Å²) in [4.78, 5) is 25.5. The minimum atomic E-state index is -0.241. The second-order valence-electron chi connectivity index (χ2n) is 7.71. The Balaban J connectivity index is 1.60. The monoisotopic (exact) mass is 415 g/mol. The molecule has 0 bridgehead atoms.